The molecular weight excluding hydrogens is 294 g/mol. The van der Waals surface area contributed by atoms with Gasteiger partial charge in [0.2, 0.25) is 0 Å². The highest BCUT2D eigenvalue weighted by atomic mass is 32.2. The van der Waals surface area contributed by atoms with Gasteiger partial charge in [0.1, 0.15) is 11.8 Å². The van der Waals surface area contributed by atoms with E-state index in [2.05, 4.69) is 9.98 Å². The van der Waals surface area contributed by atoms with Crippen molar-refractivity contribution in [2.24, 2.45) is 21.6 Å². The highest BCUT2D eigenvalue weighted by molar-refractivity contribution is 8.00. The van der Waals surface area contributed by atoms with E-state index in [1.165, 1.54) is 12.8 Å². The van der Waals surface area contributed by atoms with Gasteiger partial charge in [0.25, 0.3) is 5.91 Å². The lowest BCUT2D eigenvalue weighted by Crippen LogP contribution is -2.30. The van der Waals surface area contributed by atoms with Gasteiger partial charge in [-0.3, -0.25) is 4.79 Å². The normalized spacial score (nSPS) is 31.8. The third-order valence-corrected chi connectivity index (χ3v) is 5.88. The molecule has 0 saturated heterocycles. The number of nitrogens with zero attached hydrogens (tertiary/aromatic N) is 2. The van der Waals surface area contributed by atoms with Crippen LogP contribution in [0.1, 0.15) is 39.0 Å². The van der Waals surface area contributed by atoms with E-state index in [1.807, 2.05) is 36.9 Å². The lowest BCUT2D eigenvalue weighted by atomic mass is 9.91. The van der Waals surface area contributed by atoms with Crippen LogP contribution in [-0.2, 0) is 4.79 Å². The van der Waals surface area contributed by atoms with Crippen LogP contribution >= 0.6 is 11.8 Å². The van der Waals surface area contributed by atoms with E-state index in [0.29, 0.717) is 17.1 Å². The molecular formula is C17H23N3OS. The van der Waals surface area contributed by atoms with E-state index in [-0.39, 0.29) is 11.8 Å². The number of carbonyl (C=O) groups is 1. The lowest BCUT2D eigenvalue weighted by molar-refractivity contribution is -0.118. The SMILES string of the molecule is CC1=CC=CC2C(=O)N=C(CS[C@H]3CCC[C@@H](N)CC3)N=C12. The minimum Gasteiger partial charge on any atom is -0.328 e. The molecule has 3 rings (SSSR count). The molecule has 0 bridgehead atoms. The highest BCUT2D eigenvalue weighted by Gasteiger charge is 2.29. The molecule has 5 heteroatoms. The van der Waals surface area contributed by atoms with Crippen molar-refractivity contribution in [2.45, 2.75) is 50.3 Å². The number of fused-ring (bicyclic) bond motifs is 1. The van der Waals surface area contributed by atoms with E-state index in [1.54, 1.807) is 0 Å². The fraction of sp³-hybridized carbons (Fsp3) is 0.588. The summed E-state index contributed by atoms with van der Waals surface area (Å²) in [6, 6.07) is 0.363. The summed E-state index contributed by atoms with van der Waals surface area (Å²) in [5.41, 5.74) is 7.97. The summed E-state index contributed by atoms with van der Waals surface area (Å²) in [4.78, 5) is 21.0. The molecule has 0 aromatic rings. The Kier molecular flexibility index (Phi) is 4.93. The van der Waals surface area contributed by atoms with E-state index in [4.69, 9.17) is 5.73 Å². The smallest absolute Gasteiger partial charge is 0.260 e. The number of amides is 1. The zero-order chi connectivity index (χ0) is 15.5. The molecule has 4 nitrogen and oxygen atoms in total. The molecule has 0 aromatic heterocycles. The van der Waals surface area contributed by atoms with Crippen LogP contribution in [-0.4, -0.2) is 34.5 Å². The summed E-state index contributed by atoms with van der Waals surface area (Å²) in [6.45, 7) is 2.01. The second-order valence-electron chi connectivity index (χ2n) is 6.28. The molecule has 0 radical (unpaired) electrons. The second-order valence-corrected chi connectivity index (χ2v) is 7.57. The molecule has 1 saturated carbocycles. The molecule has 1 aliphatic heterocycles. The summed E-state index contributed by atoms with van der Waals surface area (Å²) in [5.74, 6) is 1.05. The first-order valence-electron chi connectivity index (χ1n) is 8.06. The van der Waals surface area contributed by atoms with Gasteiger partial charge >= 0.3 is 0 Å². The fourth-order valence-corrected chi connectivity index (χ4v) is 4.32. The molecule has 2 aliphatic carbocycles. The Hall–Kier alpha value is -1.20. The third kappa shape index (κ3) is 3.58. The van der Waals surface area contributed by atoms with Crippen molar-refractivity contribution in [1.29, 1.82) is 0 Å². The Balaban J connectivity index is 1.62. The predicted octanol–water partition coefficient (Wildman–Crippen LogP) is 2.89. The second kappa shape index (κ2) is 6.92. The van der Waals surface area contributed by atoms with Crippen LogP contribution < -0.4 is 5.73 Å². The monoisotopic (exact) mass is 317 g/mol. The first-order valence-corrected chi connectivity index (χ1v) is 9.11. The van der Waals surface area contributed by atoms with Crippen molar-refractivity contribution in [3.8, 4) is 0 Å². The lowest BCUT2D eigenvalue weighted by Gasteiger charge is -2.21. The van der Waals surface area contributed by atoms with Crippen molar-refractivity contribution < 1.29 is 4.79 Å². The van der Waals surface area contributed by atoms with Gasteiger partial charge in [-0.1, -0.05) is 24.6 Å². The molecule has 1 amide bonds. The average Bonchev–Trinajstić information content (AvgIpc) is 2.71. The number of hydrogen-bond donors (Lipinski definition) is 1. The molecule has 1 unspecified atom stereocenters. The molecule has 118 valence electrons. The maximum Gasteiger partial charge on any atom is 0.260 e. The summed E-state index contributed by atoms with van der Waals surface area (Å²) in [6.07, 6.45) is 11.6. The summed E-state index contributed by atoms with van der Waals surface area (Å²) < 4.78 is 0. The zero-order valence-electron chi connectivity index (χ0n) is 13.0. The molecule has 0 aromatic carbocycles. The first kappa shape index (κ1) is 15.7. The minimum atomic E-state index is -0.269. The van der Waals surface area contributed by atoms with Gasteiger partial charge in [-0.2, -0.15) is 16.8 Å². The van der Waals surface area contributed by atoms with Crippen LogP contribution in [0.4, 0.5) is 0 Å². The molecule has 1 heterocycles. The highest BCUT2D eigenvalue weighted by Crippen LogP contribution is 2.28. The Morgan fingerprint density at radius 2 is 2.14 bits per heavy atom. The van der Waals surface area contributed by atoms with Crippen LogP contribution in [0.25, 0.3) is 0 Å². The summed E-state index contributed by atoms with van der Waals surface area (Å²) in [5, 5.41) is 0.618. The third-order valence-electron chi connectivity index (χ3n) is 4.51. The van der Waals surface area contributed by atoms with Gasteiger partial charge in [0.05, 0.1) is 11.5 Å². The van der Waals surface area contributed by atoms with Crippen LogP contribution in [0.15, 0.2) is 33.8 Å². The largest absolute Gasteiger partial charge is 0.328 e. The molecule has 3 aliphatic rings. The molecule has 22 heavy (non-hydrogen) atoms. The van der Waals surface area contributed by atoms with Crippen LogP contribution in [0.5, 0.6) is 0 Å². The molecule has 0 spiro atoms. The molecule has 2 N–H and O–H groups in total. The van der Waals surface area contributed by atoms with E-state index in [9.17, 15) is 4.79 Å². The average molecular weight is 317 g/mol. The van der Waals surface area contributed by atoms with Gasteiger partial charge in [-0.25, -0.2) is 4.99 Å². The fourth-order valence-electron chi connectivity index (χ4n) is 3.17. The first-order chi connectivity index (χ1) is 10.6. The number of hydrogen-bond acceptors (Lipinski definition) is 4. The van der Waals surface area contributed by atoms with E-state index >= 15 is 0 Å². The van der Waals surface area contributed by atoms with Crippen molar-refractivity contribution in [2.75, 3.05) is 5.75 Å². The Morgan fingerprint density at radius 1 is 1.27 bits per heavy atom. The molecule has 1 fully saturated rings. The Morgan fingerprint density at radius 3 is 3.00 bits per heavy atom. The predicted molar refractivity (Wildman–Crippen MR) is 93.6 cm³/mol. The summed E-state index contributed by atoms with van der Waals surface area (Å²) in [7, 11) is 0. The van der Waals surface area contributed by atoms with Crippen molar-refractivity contribution in [3.63, 3.8) is 0 Å². The van der Waals surface area contributed by atoms with Gasteiger partial charge < -0.3 is 5.73 Å². The number of carbonyl (C=O) groups excluding carboxylic acids is 1. The van der Waals surface area contributed by atoms with Gasteiger partial charge in [-0.05, 0) is 38.2 Å². The molecule has 3 atom stereocenters. The summed E-state index contributed by atoms with van der Waals surface area (Å²) >= 11 is 1.88. The quantitative estimate of drug-likeness (QED) is 0.814. The van der Waals surface area contributed by atoms with Crippen molar-refractivity contribution in [1.82, 2.24) is 0 Å². The Labute approximate surface area is 136 Å². The number of nitrogens with two attached hydrogens (primary N) is 1. The van der Waals surface area contributed by atoms with E-state index in [0.717, 1.165) is 36.3 Å². The number of amidine groups is 1. The van der Waals surface area contributed by atoms with Crippen LogP contribution in [0.2, 0.25) is 0 Å². The number of rotatable bonds is 3. The maximum absolute atomic E-state index is 12.2. The minimum absolute atomic E-state index is 0.0767. The van der Waals surface area contributed by atoms with Crippen LogP contribution in [0, 0.1) is 5.92 Å². The van der Waals surface area contributed by atoms with E-state index < -0.39 is 0 Å². The standard InChI is InChI=1S/C17H23N3OS/c1-11-4-2-7-14-16(11)19-15(20-17(14)21)10-22-13-6-3-5-12(18)8-9-13/h2,4,7,12-14H,3,5-6,8-10,18H2,1H3/t12-,13+,14?/m1/s1. The Bertz CT molecular complexity index is 576. The van der Waals surface area contributed by atoms with Crippen LogP contribution in [0.3, 0.4) is 0 Å². The van der Waals surface area contributed by atoms with Gasteiger partial charge in [-0.15, -0.1) is 0 Å². The zero-order valence-corrected chi connectivity index (χ0v) is 13.8. The topological polar surface area (TPSA) is 67.8 Å². The van der Waals surface area contributed by atoms with Gasteiger partial charge in [0, 0.05) is 11.3 Å². The number of thioether (sulfide) groups is 1. The van der Waals surface area contributed by atoms with Gasteiger partial charge in [0.15, 0.2) is 0 Å². The number of allylic oxidation sites excluding steroid dienone is 3. The maximum atomic E-state index is 12.2. The van der Waals surface area contributed by atoms with Crippen molar-refractivity contribution >= 4 is 29.2 Å². The number of aliphatic imine (C=N–C) groups is 2. The van der Waals surface area contributed by atoms with Crippen molar-refractivity contribution in [3.05, 3.63) is 23.8 Å².